The van der Waals surface area contributed by atoms with E-state index in [-0.39, 0.29) is 17.2 Å². The molecule has 0 radical (unpaired) electrons. The molecule has 2 rings (SSSR count). The monoisotopic (exact) mass is 230 g/mol. The van der Waals surface area contributed by atoms with Gasteiger partial charge >= 0.3 is 0 Å². The fourth-order valence-electron chi connectivity index (χ4n) is 1.95. The van der Waals surface area contributed by atoms with E-state index in [1.807, 2.05) is 13.0 Å². The number of benzene rings is 2. The van der Waals surface area contributed by atoms with E-state index in [0.29, 0.717) is 12.0 Å². The summed E-state index contributed by atoms with van der Waals surface area (Å²) in [4.78, 5) is 0. The molecule has 0 fully saturated rings. The van der Waals surface area contributed by atoms with Gasteiger partial charge in [0.05, 0.1) is 0 Å². The standard InChI is InChI=1S/C14H14O3/c1-2-10-11(4-3-5-13(10)16)12-7-6-9(15)8-14(12)17/h3-8,15-17H,2H2,1H3. The van der Waals surface area contributed by atoms with Crippen LogP contribution in [0.3, 0.4) is 0 Å². The first-order valence-electron chi connectivity index (χ1n) is 5.46. The third kappa shape index (κ3) is 2.04. The molecule has 0 spiro atoms. The number of rotatable bonds is 2. The molecular weight excluding hydrogens is 216 g/mol. The van der Waals surface area contributed by atoms with E-state index in [1.165, 1.54) is 12.1 Å². The lowest BCUT2D eigenvalue weighted by Gasteiger charge is -2.11. The average molecular weight is 230 g/mol. The Morgan fingerprint density at radius 2 is 1.65 bits per heavy atom. The van der Waals surface area contributed by atoms with Crippen molar-refractivity contribution in [1.82, 2.24) is 0 Å². The summed E-state index contributed by atoms with van der Waals surface area (Å²) in [5.74, 6) is 0.243. The van der Waals surface area contributed by atoms with Gasteiger partial charge in [0.2, 0.25) is 0 Å². The van der Waals surface area contributed by atoms with Crippen molar-refractivity contribution in [3.63, 3.8) is 0 Å². The van der Waals surface area contributed by atoms with Crippen LogP contribution in [-0.4, -0.2) is 15.3 Å². The Bertz CT molecular complexity index is 547. The molecule has 0 aromatic heterocycles. The van der Waals surface area contributed by atoms with Crippen molar-refractivity contribution < 1.29 is 15.3 Å². The molecule has 3 N–H and O–H groups in total. The molecule has 0 atom stereocenters. The predicted octanol–water partition coefficient (Wildman–Crippen LogP) is 3.03. The number of hydrogen-bond acceptors (Lipinski definition) is 3. The molecule has 0 aliphatic rings. The van der Waals surface area contributed by atoms with Crippen molar-refractivity contribution in [3.8, 4) is 28.4 Å². The Morgan fingerprint density at radius 1 is 0.882 bits per heavy atom. The molecule has 0 bridgehead atoms. The molecule has 3 nitrogen and oxygen atoms in total. The topological polar surface area (TPSA) is 60.7 Å². The molecule has 0 amide bonds. The van der Waals surface area contributed by atoms with Gasteiger partial charge in [-0.2, -0.15) is 0 Å². The maximum atomic E-state index is 9.81. The Hall–Kier alpha value is -2.16. The Balaban J connectivity index is 2.64. The van der Waals surface area contributed by atoms with Crippen molar-refractivity contribution in [2.75, 3.05) is 0 Å². The normalized spacial score (nSPS) is 10.4. The molecule has 2 aromatic rings. The Kier molecular flexibility index (Phi) is 2.91. The number of phenolic OH excluding ortho intramolecular Hbond substituents is 3. The van der Waals surface area contributed by atoms with Gasteiger partial charge in [-0.15, -0.1) is 0 Å². The van der Waals surface area contributed by atoms with Crippen LogP contribution in [0.2, 0.25) is 0 Å². The van der Waals surface area contributed by atoms with Crippen LogP contribution >= 0.6 is 0 Å². The van der Waals surface area contributed by atoms with E-state index in [2.05, 4.69) is 0 Å². The third-order valence-corrected chi connectivity index (χ3v) is 2.78. The summed E-state index contributed by atoms with van der Waals surface area (Å²) in [6, 6.07) is 9.64. The third-order valence-electron chi connectivity index (χ3n) is 2.78. The molecule has 0 aliphatic carbocycles. The summed E-state index contributed by atoms with van der Waals surface area (Å²) in [5.41, 5.74) is 2.18. The van der Waals surface area contributed by atoms with E-state index in [1.54, 1.807) is 18.2 Å². The number of aromatic hydroxyl groups is 3. The fraction of sp³-hybridized carbons (Fsp3) is 0.143. The second-order valence-corrected chi connectivity index (χ2v) is 3.86. The average Bonchev–Trinajstić information content (AvgIpc) is 2.29. The van der Waals surface area contributed by atoms with E-state index < -0.39 is 0 Å². The lowest BCUT2D eigenvalue weighted by Crippen LogP contribution is -1.89. The highest BCUT2D eigenvalue weighted by molar-refractivity contribution is 5.75. The minimum atomic E-state index is 0.00491. The summed E-state index contributed by atoms with van der Waals surface area (Å²) in [5, 5.41) is 28.8. The van der Waals surface area contributed by atoms with E-state index in [4.69, 9.17) is 0 Å². The van der Waals surface area contributed by atoms with Crippen molar-refractivity contribution in [1.29, 1.82) is 0 Å². The van der Waals surface area contributed by atoms with Crippen molar-refractivity contribution in [2.24, 2.45) is 0 Å². The molecule has 0 saturated heterocycles. The second-order valence-electron chi connectivity index (χ2n) is 3.86. The van der Waals surface area contributed by atoms with Crippen LogP contribution in [0.25, 0.3) is 11.1 Å². The van der Waals surface area contributed by atoms with Crippen molar-refractivity contribution in [2.45, 2.75) is 13.3 Å². The van der Waals surface area contributed by atoms with Crippen LogP contribution in [0.5, 0.6) is 17.2 Å². The Labute approximate surface area is 99.6 Å². The van der Waals surface area contributed by atoms with Gasteiger partial charge in [-0.25, -0.2) is 0 Å². The quantitative estimate of drug-likeness (QED) is 0.743. The van der Waals surface area contributed by atoms with E-state index in [0.717, 1.165) is 11.1 Å². The maximum Gasteiger partial charge on any atom is 0.127 e. The largest absolute Gasteiger partial charge is 0.508 e. The van der Waals surface area contributed by atoms with Gasteiger partial charge < -0.3 is 15.3 Å². The lowest BCUT2D eigenvalue weighted by molar-refractivity contribution is 0.451. The summed E-state index contributed by atoms with van der Waals surface area (Å²) < 4.78 is 0. The van der Waals surface area contributed by atoms with Gasteiger partial charge in [0.1, 0.15) is 17.2 Å². The first-order valence-corrected chi connectivity index (χ1v) is 5.46. The van der Waals surface area contributed by atoms with Crippen LogP contribution in [0.15, 0.2) is 36.4 Å². The van der Waals surface area contributed by atoms with Crippen LogP contribution in [0.1, 0.15) is 12.5 Å². The van der Waals surface area contributed by atoms with Gasteiger partial charge in [-0.05, 0) is 30.2 Å². The van der Waals surface area contributed by atoms with Crippen LogP contribution < -0.4 is 0 Å². The highest BCUT2D eigenvalue weighted by atomic mass is 16.3. The summed E-state index contributed by atoms with van der Waals surface area (Å²) in [6.45, 7) is 1.94. The number of phenols is 3. The minimum Gasteiger partial charge on any atom is -0.508 e. The molecule has 88 valence electrons. The van der Waals surface area contributed by atoms with Crippen LogP contribution in [0, 0.1) is 0 Å². The lowest BCUT2D eigenvalue weighted by atomic mass is 9.96. The second kappa shape index (κ2) is 4.37. The highest BCUT2D eigenvalue weighted by Crippen LogP contribution is 2.37. The molecule has 0 heterocycles. The van der Waals surface area contributed by atoms with Crippen molar-refractivity contribution >= 4 is 0 Å². The zero-order valence-corrected chi connectivity index (χ0v) is 9.51. The maximum absolute atomic E-state index is 9.81. The summed E-state index contributed by atoms with van der Waals surface area (Å²) in [7, 11) is 0. The molecular formula is C14H14O3. The summed E-state index contributed by atoms with van der Waals surface area (Å²) in [6.07, 6.45) is 0.669. The molecule has 0 aliphatic heterocycles. The first kappa shape index (κ1) is 11.3. The van der Waals surface area contributed by atoms with Gasteiger partial charge in [0.25, 0.3) is 0 Å². The molecule has 0 unspecified atom stereocenters. The molecule has 0 saturated carbocycles. The van der Waals surface area contributed by atoms with Crippen LogP contribution in [-0.2, 0) is 6.42 Å². The molecule has 3 heteroatoms. The number of hydrogen-bond donors (Lipinski definition) is 3. The van der Waals surface area contributed by atoms with Crippen molar-refractivity contribution in [3.05, 3.63) is 42.0 Å². The van der Waals surface area contributed by atoms with Crippen LogP contribution in [0.4, 0.5) is 0 Å². The van der Waals surface area contributed by atoms with Gasteiger partial charge in [-0.1, -0.05) is 19.1 Å². The SMILES string of the molecule is CCc1c(O)cccc1-c1ccc(O)cc1O. The zero-order valence-electron chi connectivity index (χ0n) is 9.51. The minimum absolute atomic E-state index is 0.00491. The smallest absolute Gasteiger partial charge is 0.127 e. The van der Waals surface area contributed by atoms with Gasteiger partial charge in [-0.3, -0.25) is 0 Å². The predicted molar refractivity (Wildman–Crippen MR) is 66.3 cm³/mol. The molecule has 2 aromatic carbocycles. The van der Waals surface area contributed by atoms with Gasteiger partial charge in [0.15, 0.2) is 0 Å². The van der Waals surface area contributed by atoms with E-state index >= 15 is 0 Å². The van der Waals surface area contributed by atoms with Gasteiger partial charge in [0, 0.05) is 17.2 Å². The Morgan fingerprint density at radius 3 is 2.29 bits per heavy atom. The fourth-order valence-corrected chi connectivity index (χ4v) is 1.95. The molecule has 17 heavy (non-hydrogen) atoms. The summed E-state index contributed by atoms with van der Waals surface area (Å²) >= 11 is 0. The van der Waals surface area contributed by atoms with E-state index in [9.17, 15) is 15.3 Å². The zero-order chi connectivity index (χ0) is 12.4. The first-order chi connectivity index (χ1) is 8.13. The highest BCUT2D eigenvalue weighted by Gasteiger charge is 2.11.